The third-order valence-corrected chi connectivity index (χ3v) is 3.67. The van der Waals surface area contributed by atoms with Crippen LogP contribution >= 0.6 is 22.9 Å². The van der Waals surface area contributed by atoms with Gasteiger partial charge in [0.2, 0.25) is 11.2 Å². The molecule has 1 aliphatic heterocycles. The van der Waals surface area contributed by atoms with Crippen LogP contribution in [0, 0.1) is 0 Å². The van der Waals surface area contributed by atoms with Crippen LogP contribution in [0.15, 0.2) is 11.4 Å². The number of halogens is 1. The summed E-state index contributed by atoms with van der Waals surface area (Å²) in [6.45, 7) is 1.35. The molecule has 1 fully saturated rings. The average Bonchev–Trinajstić information content (AvgIpc) is 2.95. The fraction of sp³-hybridized carbons (Fsp3) is 0.455. The van der Waals surface area contributed by atoms with Gasteiger partial charge in [-0.25, -0.2) is 4.98 Å². The summed E-state index contributed by atoms with van der Waals surface area (Å²) in [4.78, 5) is 9.11. The molecule has 90 valence electrons. The van der Waals surface area contributed by atoms with Crippen LogP contribution in [0.25, 0.3) is 10.2 Å². The smallest absolute Gasteiger partial charge is 0.227 e. The molecule has 3 rings (SSSR count). The second kappa shape index (κ2) is 4.76. The van der Waals surface area contributed by atoms with E-state index >= 15 is 0 Å². The van der Waals surface area contributed by atoms with Crippen LogP contribution in [0.5, 0.6) is 5.88 Å². The highest BCUT2D eigenvalue weighted by Gasteiger charge is 2.17. The maximum absolute atomic E-state index is 5.85. The Morgan fingerprint density at radius 1 is 1.53 bits per heavy atom. The number of hydrogen-bond donors (Lipinski definition) is 0. The molecule has 0 aliphatic carbocycles. The molecule has 1 atom stereocenters. The summed E-state index contributed by atoms with van der Waals surface area (Å²) in [6.07, 6.45) is 2.33. The van der Waals surface area contributed by atoms with Gasteiger partial charge in [-0.05, 0) is 35.9 Å². The maximum Gasteiger partial charge on any atom is 0.227 e. The minimum absolute atomic E-state index is 0.178. The van der Waals surface area contributed by atoms with Crippen molar-refractivity contribution >= 4 is 33.2 Å². The lowest BCUT2D eigenvalue weighted by molar-refractivity contribution is 0.0669. The lowest BCUT2D eigenvalue weighted by Gasteiger charge is -2.11. The molecule has 6 heteroatoms. The van der Waals surface area contributed by atoms with Crippen LogP contribution in [0.4, 0.5) is 0 Å². The zero-order valence-electron chi connectivity index (χ0n) is 9.06. The van der Waals surface area contributed by atoms with E-state index in [2.05, 4.69) is 9.97 Å². The quantitative estimate of drug-likeness (QED) is 0.805. The van der Waals surface area contributed by atoms with Gasteiger partial charge in [-0.1, -0.05) is 0 Å². The van der Waals surface area contributed by atoms with Gasteiger partial charge in [0, 0.05) is 6.61 Å². The predicted octanol–water partition coefficient (Wildman–Crippen LogP) is 2.90. The molecule has 1 unspecified atom stereocenters. The second-order valence-electron chi connectivity index (χ2n) is 3.88. The molecular formula is C11H11ClN2O2S. The highest BCUT2D eigenvalue weighted by Crippen LogP contribution is 2.28. The van der Waals surface area contributed by atoms with Crippen LogP contribution in [0.2, 0.25) is 5.28 Å². The molecule has 2 aromatic heterocycles. The monoisotopic (exact) mass is 270 g/mol. The Bertz CT molecular complexity index is 525. The van der Waals surface area contributed by atoms with Gasteiger partial charge in [0.15, 0.2) is 0 Å². The Labute approximate surface area is 108 Å². The summed E-state index contributed by atoms with van der Waals surface area (Å²) in [7, 11) is 0. The lowest BCUT2D eigenvalue weighted by Crippen LogP contribution is -2.16. The Kier molecular flexibility index (Phi) is 3.13. The Hall–Kier alpha value is -0.910. The van der Waals surface area contributed by atoms with Crippen molar-refractivity contribution in [3.63, 3.8) is 0 Å². The normalized spacial score (nSPS) is 19.9. The summed E-state index contributed by atoms with van der Waals surface area (Å²) in [5.74, 6) is 0.553. The largest absolute Gasteiger partial charge is 0.474 e. The maximum atomic E-state index is 5.85. The fourth-order valence-electron chi connectivity index (χ4n) is 1.86. The molecular weight excluding hydrogens is 260 g/mol. The third-order valence-electron chi connectivity index (χ3n) is 2.69. The molecule has 0 N–H and O–H groups in total. The first-order chi connectivity index (χ1) is 8.33. The van der Waals surface area contributed by atoms with E-state index < -0.39 is 0 Å². The number of ether oxygens (including phenoxy) is 2. The highest BCUT2D eigenvalue weighted by atomic mass is 35.5. The number of hydrogen-bond acceptors (Lipinski definition) is 5. The van der Waals surface area contributed by atoms with Crippen molar-refractivity contribution in [2.24, 2.45) is 0 Å². The first kappa shape index (κ1) is 11.2. The third kappa shape index (κ3) is 2.36. The molecule has 2 aromatic rings. The molecule has 4 nitrogen and oxygen atoms in total. The van der Waals surface area contributed by atoms with E-state index in [0.717, 1.165) is 29.7 Å². The molecule has 0 amide bonds. The lowest BCUT2D eigenvalue weighted by atomic mass is 10.2. The van der Waals surface area contributed by atoms with Crippen molar-refractivity contribution in [2.75, 3.05) is 13.2 Å². The van der Waals surface area contributed by atoms with Gasteiger partial charge < -0.3 is 9.47 Å². The van der Waals surface area contributed by atoms with Crippen LogP contribution in [0.3, 0.4) is 0 Å². The van der Waals surface area contributed by atoms with Crippen molar-refractivity contribution < 1.29 is 9.47 Å². The molecule has 0 aromatic carbocycles. The first-order valence-corrected chi connectivity index (χ1v) is 6.74. The molecule has 0 saturated carbocycles. The topological polar surface area (TPSA) is 44.2 Å². The number of aromatic nitrogens is 2. The predicted molar refractivity (Wildman–Crippen MR) is 66.9 cm³/mol. The van der Waals surface area contributed by atoms with Crippen LogP contribution in [0.1, 0.15) is 12.8 Å². The first-order valence-electron chi connectivity index (χ1n) is 5.48. The molecule has 1 aliphatic rings. The van der Waals surface area contributed by atoms with Crippen molar-refractivity contribution in [2.45, 2.75) is 18.9 Å². The van der Waals surface area contributed by atoms with Gasteiger partial charge in [-0.3, -0.25) is 0 Å². The second-order valence-corrected chi connectivity index (χ2v) is 5.12. The van der Waals surface area contributed by atoms with E-state index in [4.69, 9.17) is 21.1 Å². The molecule has 0 bridgehead atoms. The average molecular weight is 271 g/mol. The van der Waals surface area contributed by atoms with Gasteiger partial charge in [0.05, 0.1) is 11.5 Å². The molecule has 0 radical (unpaired) electrons. The van der Waals surface area contributed by atoms with Gasteiger partial charge in [-0.2, -0.15) is 4.98 Å². The van der Waals surface area contributed by atoms with E-state index in [1.807, 2.05) is 11.4 Å². The van der Waals surface area contributed by atoms with E-state index in [-0.39, 0.29) is 11.4 Å². The van der Waals surface area contributed by atoms with Crippen molar-refractivity contribution in [3.8, 4) is 5.88 Å². The van der Waals surface area contributed by atoms with Crippen molar-refractivity contribution in [1.29, 1.82) is 0 Å². The van der Waals surface area contributed by atoms with Gasteiger partial charge >= 0.3 is 0 Å². The van der Waals surface area contributed by atoms with E-state index in [9.17, 15) is 0 Å². The summed E-state index contributed by atoms with van der Waals surface area (Å²) < 4.78 is 11.2. The number of thiophene rings is 1. The highest BCUT2D eigenvalue weighted by molar-refractivity contribution is 7.16. The molecule has 1 saturated heterocycles. The van der Waals surface area contributed by atoms with E-state index in [0.29, 0.717) is 12.5 Å². The molecule has 0 spiro atoms. The van der Waals surface area contributed by atoms with Crippen molar-refractivity contribution in [1.82, 2.24) is 9.97 Å². The van der Waals surface area contributed by atoms with Crippen molar-refractivity contribution in [3.05, 3.63) is 16.7 Å². The number of nitrogens with zero attached hydrogens (tertiary/aromatic N) is 2. The SMILES string of the molecule is Clc1nc(OCC2CCCO2)c2ccsc2n1. The fourth-order valence-corrected chi connectivity index (χ4v) is 2.83. The van der Waals surface area contributed by atoms with Crippen LogP contribution < -0.4 is 4.74 Å². The van der Waals surface area contributed by atoms with Gasteiger partial charge in [0.25, 0.3) is 0 Å². The minimum atomic E-state index is 0.178. The van der Waals surface area contributed by atoms with E-state index in [1.54, 1.807) is 0 Å². The summed E-state index contributed by atoms with van der Waals surface area (Å²) in [6, 6.07) is 1.95. The summed E-state index contributed by atoms with van der Waals surface area (Å²) in [5, 5.41) is 3.09. The van der Waals surface area contributed by atoms with E-state index in [1.165, 1.54) is 11.3 Å². The van der Waals surface area contributed by atoms with Crippen LogP contribution in [-0.2, 0) is 4.74 Å². The minimum Gasteiger partial charge on any atom is -0.474 e. The zero-order chi connectivity index (χ0) is 11.7. The summed E-state index contributed by atoms with van der Waals surface area (Å²) in [5.41, 5.74) is 0. The number of fused-ring (bicyclic) bond motifs is 1. The Morgan fingerprint density at radius 3 is 3.29 bits per heavy atom. The summed E-state index contributed by atoms with van der Waals surface area (Å²) >= 11 is 7.38. The standard InChI is InChI=1S/C11H11ClN2O2S/c12-11-13-9(8-3-5-17-10(8)14-11)16-6-7-2-1-4-15-7/h3,5,7H,1-2,4,6H2. The Balaban J connectivity index is 1.81. The Morgan fingerprint density at radius 2 is 2.47 bits per heavy atom. The zero-order valence-corrected chi connectivity index (χ0v) is 10.6. The van der Waals surface area contributed by atoms with Gasteiger partial charge in [0.1, 0.15) is 11.4 Å². The molecule has 17 heavy (non-hydrogen) atoms. The molecule has 3 heterocycles. The van der Waals surface area contributed by atoms with Gasteiger partial charge in [-0.15, -0.1) is 11.3 Å². The number of rotatable bonds is 3. The van der Waals surface area contributed by atoms with Crippen LogP contribution in [-0.4, -0.2) is 29.3 Å².